The summed E-state index contributed by atoms with van der Waals surface area (Å²) in [5, 5.41) is 9.09. The third-order valence-corrected chi connectivity index (χ3v) is 8.04. The Morgan fingerprint density at radius 2 is 1.85 bits per heavy atom. The number of fused-ring (bicyclic) bond motifs is 1. The van der Waals surface area contributed by atoms with E-state index in [-0.39, 0.29) is 42.6 Å². The number of nitrogens with zero attached hydrogens (tertiary/aromatic N) is 6. The Morgan fingerprint density at radius 1 is 1.10 bits per heavy atom. The summed E-state index contributed by atoms with van der Waals surface area (Å²) in [6.07, 6.45) is 2.27. The molecule has 4 aliphatic heterocycles. The van der Waals surface area contributed by atoms with Crippen molar-refractivity contribution in [3.05, 3.63) is 39.8 Å². The largest absolute Gasteiger partial charge is 0.379 e. The van der Waals surface area contributed by atoms with E-state index in [0.717, 1.165) is 39.0 Å². The molecular weight excluding hydrogens is 504 g/mol. The summed E-state index contributed by atoms with van der Waals surface area (Å²) < 4.78 is 5.79. The summed E-state index contributed by atoms with van der Waals surface area (Å²) in [6.45, 7) is 6.24. The number of anilines is 1. The van der Waals surface area contributed by atoms with Crippen LogP contribution in [0.5, 0.6) is 0 Å². The van der Waals surface area contributed by atoms with Crippen LogP contribution in [-0.2, 0) is 25.7 Å². The first kappa shape index (κ1) is 27.1. The fourth-order valence-electron chi connectivity index (χ4n) is 5.68. The van der Waals surface area contributed by atoms with Crippen LogP contribution in [0, 0.1) is 5.92 Å². The van der Waals surface area contributed by atoms with Gasteiger partial charge in [-0.15, -0.1) is 0 Å². The van der Waals surface area contributed by atoms with E-state index in [9.17, 15) is 19.2 Å². The number of carbonyl (C=O) groups excluding carboxylic acids is 4. The number of hydrogen-bond acceptors (Lipinski definition) is 8. The predicted octanol–water partition coefficient (Wildman–Crippen LogP) is 1.11. The minimum Gasteiger partial charge on any atom is -0.379 e. The maximum atomic E-state index is 13.0. The van der Waals surface area contributed by atoms with Crippen molar-refractivity contribution in [3.63, 3.8) is 0 Å². The first-order valence-electron chi connectivity index (χ1n) is 13.6. The van der Waals surface area contributed by atoms with Gasteiger partial charge < -0.3 is 19.9 Å². The van der Waals surface area contributed by atoms with Gasteiger partial charge in [-0.1, -0.05) is 11.2 Å². The number of azide groups is 1. The van der Waals surface area contributed by atoms with Gasteiger partial charge in [0.2, 0.25) is 17.7 Å². The van der Waals surface area contributed by atoms with Crippen LogP contribution in [0.25, 0.3) is 10.4 Å². The van der Waals surface area contributed by atoms with Gasteiger partial charge in [-0.3, -0.25) is 29.4 Å². The molecule has 0 bridgehead atoms. The SMILES string of the molecule is [N-]=[N+]=NC1CCN(CCOCCN2CC(C(=O)Nc3cccc4c3CN(C3CCC(=O)NC3=O)C4=O)C2)CC1. The predicted molar refractivity (Wildman–Crippen MR) is 140 cm³/mol. The lowest BCUT2D eigenvalue weighted by Crippen LogP contribution is -2.53. The molecule has 13 nitrogen and oxygen atoms in total. The average molecular weight is 539 g/mol. The Hall–Kier alpha value is -3.51. The van der Waals surface area contributed by atoms with Crippen molar-refractivity contribution in [1.82, 2.24) is 20.0 Å². The molecule has 13 heteroatoms. The molecule has 0 spiro atoms. The van der Waals surface area contributed by atoms with Gasteiger partial charge in [0, 0.05) is 66.9 Å². The molecule has 3 saturated heterocycles. The Morgan fingerprint density at radius 3 is 2.56 bits per heavy atom. The van der Waals surface area contributed by atoms with Gasteiger partial charge in [0.1, 0.15) is 6.04 Å². The molecule has 0 saturated carbocycles. The fraction of sp³-hybridized carbons (Fsp3) is 0.615. The van der Waals surface area contributed by atoms with E-state index in [1.165, 1.54) is 4.90 Å². The highest BCUT2D eigenvalue weighted by Crippen LogP contribution is 2.33. The molecule has 1 unspecified atom stereocenters. The Balaban J connectivity index is 1.02. The van der Waals surface area contributed by atoms with Crippen molar-refractivity contribution in [1.29, 1.82) is 0 Å². The lowest BCUT2D eigenvalue weighted by molar-refractivity contribution is -0.137. The number of imide groups is 1. The molecule has 4 aliphatic rings. The molecule has 0 aromatic heterocycles. The van der Waals surface area contributed by atoms with Gasteiger partial charge in [0.15, 0.2) is 0 Å². The van der Waals surface area contributed by atoms with Crippen molar-refractivity contribution < 1.29 is 23.9 Å². The second-order valence-electron chi connectivity index (χ2n) is 10.6. The molecule has 0 radical (unpaired) electrons. The van der Waals surface area contributed by atoms with Gasteiger partial charge in [0.25, 0.3) is 5.91 Å². The Labute approximate surface area is 226 Å². The van der Waals surface area contributed by atoms with Crippen LogP contribution in [0.2, 0.25) is 0 Å². The number of benzene rings is 1. The third kappa shape index (κ3) is 6.22. The van der Waals surface area contributed by atoms with Crippen molar-refractivity contribution in [3.8, 4) is 0 Å². The van der Waals surface area contributed by atoms with Crippen molar-refractivity contribution >= 4 is 29.3 Å². The number of piperidine rings is 2. The van der Waals surface area contributed by atoms with Crippen LogP contribution in [-0.4, -0.2) is 103 Å². The maximum Gasteiger partial charge on any atom is 0.255 e. The lowest BCUT2D eigenvalue weighted by Gasteiger charge is -2.38. The van der Waals surface area contributed by atoms with E-state index >= 15 is 0 Å². The summed E-state index contributed by atoms with van der Waals surface area (Å²) in [4.78, 5) is 58.6. The molecule has 1 aromatic rings. The van der Waals surface area contributed by atoms with Gasteiger partial charge in [-0.2, -0.15) is 0 Å². The zero-order valence-corrected chi connectivity index (χ0v) is 21.9. The lowest BCUT2D eigenvalue weighted by atomic mass is 9.98. The van der Waals surface area contributed by atoms with Gasteiger partial charge >= 0.3 is 0 Å². The monoisotopic (exact) mass is 538 g/mol. The van der Waals surface area contributed by atoms with E-state index < -0.39 is 11.9 Å². The molecule has 39 heavy (non-hydrogen) atoms. The zero-order valence-electron chi connectivity index (χ0n) is 21.9. The second kappa shape index (κ2) is 12.1. The Bertz CT molecular complexity index is 1170. The average Bonchev–Trinajstić information content (AvgIpc) is 3.23. The van der Waals surface area contributed by atoms with E-state index in [0.29, 0.717) is 49.5 Å². The first-order valence-corrected chi connectivity index (χ1v) is 13.6. The quantitative estimate of drug-likeness (QED) is 0.148. The Kier molecular flexibility index (Phi) is 8.41. The second-order valence-corrected chi connectivity index (χ2v) is 10.6. The number of ether oxygens (including phenoxy) is 1. The van der Waals surface area contributed by atoms with Crippen LogP contribution < -0.4 is 10.6 Å². The molecule has 1 aromatic carbocycles. The van der Waals surface area contributed by atoms with Crippen LogP contribution in [0.1, 0.15) is 41.6 Å². The smallest absolute Gasteiger partial charge is 0.255 e. The van der Waals surface area contributed by atoms with E-state index in [2.05, 4.69) is 30.5 Å². The highest BCUT2D eigenvalue weighted by atomic mass is 16.5. The number of likely N-dealkylation sites (tertiary alicyclic amines) is 2. The third-order valence-electron chi connectivity index (χ3n) is 8.04. The standard InChI is InChI=1S/C26H34N8O5/c27-31-30-18-6-8-32(9-7-18)10-12-39-13-11-33-14-17(15-33)24(36)28-21-3-1-2-19-20(21)16-34(26(19)38)22-4-5-23(35)29-25(22)37/h1-3,17-18,22H,4-16H2,(H,28,36)(H,29,35,37). The summed E-state index contributed by atoms with van der Waals surface area (Å²) >= 11 is 0. The molecular formula is C26H34N8O5. The van der Waals surface area contributed by atoms with Crippen molar-refractivity contribution in [2.24, 2.45) is 11.0 Å². The summed E-state index contributed by atoms with van der Waals surface area (Å²) in [6, 6.07) is 4.64. The highest BCUT2D eigenvalue weighted by molar-refractivity contribution is 6.07. The van der Waals surface area contributed by atoms with Gasteiger partial charge in [-0.25, -0.2) is 0 Å². The number of amides is 4. The molecule has 4 amide bonds. The van der Waals surface area contributed by atoms with Crippen LogP contribution in [0.15, 0.2) is 23.3 Å². The zero-order chi connectivity index (χ0) is 27.4. The van der Waals surface area contributed by atoms with Crippen LogP contribution in [0.4, 0.5) is 5.69 Å². The van der Waals surface area contributed by atoms with E-state index in [1.807, 2.05) is 0 Å². The summed E-state index contributed by atoms with van der Waals surface area (Å²) in [5.41, 5.74) is 10.3. The first-order chi connectivity index (χ1) is 18.9. The molecule has 4 heterocycles. The number of rotatable bonds is 10. The van der Waals surface area contributed by atoms with Crippen LogP contribution >= 0.6 is 0 Å². The van der Waals surface area contributed by atoms with Crippen LogP contribution in [0.3, 0.4) is 0 Å². The van der Waals surface area contributed by atoms with Crippen molar-refractivity contribution in [2.45, 2.75) is 44.3 Å². The number of hydrogen-bond donors (Lipinski definition) is 2. The van der Waals surface area contributed by atoms with Gasteiger partial charge in [0.05, 0.1) is 19.1 Å². The minimum atomic E-state index is -0.690. The minimum absolute atomic E-state index is 0.0865. The normalized spacial score (nSPS) is 22.7. The highest BCUT2D eigenvalue weighted by Gasteiger charge is 2.40. The molecule has 0 aliphatic carbocycles. The molecule has 208 valence electrons. The topological polar surface area (TPSA) is 160 Å². The van der Waals surface area contributed by atoms with E-state index in [1.54, 1.807) is 18.2 Å². The molecule has 5 rings (SSSR count). The fourth-order valence-corrected chi connectivity index (χ4v) is 5.68. The van der Waals surface area contributed by atoms with Gasteiger partial charge in [-0.05, 0) is 50.0 Å². The summed E-state index contributed by atoms with van der Waals surface area (Å²) in [5.74, 6) is -1.26. The van der Waals surface area contributed by atoms with E-state index in [4.69, 9.17) is 10.3 Å². The number of nitrogens with one attached hydrogen (secondary N) is 2. The number of carbonyl (C=O) groups is 4. The molecule has 1 atom stereocenters. The summed E-state index contributed by atoms with van der Waals surface area (Å²) in [7, 11) is 0. The maximum absolute atomic E-state index is 13.0. The molecule has 2 N–H and O–H groups in total. The molecule has 3 fully saturated rings. The van der Waals surface area contributed by atoms with Crippen molar-refractivity contribution in [2.75, 3.05) is 57.8 Å².